The average molecular weight is 280 g/mol. The van der Waals surface area contributed by atoms with Gasteiger partial charge in [-0.25, -0.2) is 0 Å². The molecular weight excluding hydrogens is 260 g/mol. The van der Waals surface area contributed by atoms with E-state index in [0.29, 0.717) is 6.54 Å². The Morgan fingerprint density at radius 1 is 1.14 bits per heavy atom. The summed E-state index contributed by atoms with van der Waals surface area (Å²) >= 11 is 0. The number of carbonyl (C=O) groups excluding carboxylic acids is 1. The first-order valence-electron chi connectivity index (χ1n) is 7.19. The van der Waals surface area contributed by atoms with E-state index in [4.69, 9.17) is 0 Å². The smallest absolute Gasteiger partial charge is 0.184 e. The number of nitrogens with zero attached hydrogens (tertiary/aromatic N) is 2. The van der Waals surface area contributed by atoms with E-state index in [1.54, 1.807) is 0 Å². The van der Waals surface area contributed by atoms with Gasteiger partial charge in [-0.15, -0.1) is 0 Å². The zero-order chi connectivity index (χ0) is 15.1. The van der Waals surface area contributed by atoms with Crippen LogP contribution in [0.1, 0.15) is 27.3 Å². The van der Waals surface area contributed by atoms with Crippen LogP contribution in [0.15, 0.2) is 36.5 Å². The first-order valence-corrected chi connectivity index (χ1v) is 7.19. The second kappa shape index (κ2) is 4.92. The minimum absolute atomic E-state index is 0.162. The molecule has 2 aromatic heterocycles. The summed E-state index contributed by atoms with van der Waals surface area (Å²) in [7, 11) is 2.00. The summed E-state index contributed by atoms with van der Waals surface area (Å²) in [6.07, 6.45) is 2.00. The molecule has 2 heterocycles. The Kier molecular flexibility index (Phi) is 3.20. The Morgan fingerprint density at radius 2 is 1.90 bits per heavy atom. The third-order valence-electron chi connectivity index (χ3n) is 4.42. The number of fused-ring (bicyclic) bond motifs is 1. The van der Waals surface area contributed by atoms with Crippen molar-refractivity contribution in [3.8, 4) is 0 Å². The molecule has 21 heavy (non-hydrogen) atoms. The highest BCUT2D eigenvalue weighted by atomic mass is 16.1. The molecule has 0 fully saturated rings. The summed E-state index contributed by atoms with van der Waals surface area (Å²) in [5.41, 5.74) is 5.33. The van der Waals surface area contributed by atoms with Crippen LogP contribution < -0.4 is 0 Å². The van der Waals surface area contributed by atoms with Gasteiger partial charge in [0, 0.05) is 41.1 Å². The monoisotopic (exact) mass is 280 g/mol. The lowest BCUT2D eigenvalue weighted by atomic mass is 10.1. The van der Waals surface area contributed by atoms with Crippen LogP contribution in [0.3, 0.4) is 0 Å². The molecule has 0 saturated heterocycles. The Hall–Kier alpha value is -2.29. The number of hydrogen-bond acceptors (Lipinski definition) is 1. The van der Waals surface area contributed by atoms with Gasteiger partial charge in [-0.05, 0) is 44.5 Å². The fraction of sp³-hybridized carbons (Fsp3) is 0.278. The number of aromatic nitrogens is 2. The highest BCUT2D eigenvalue weighted by molar-refractivity contribution is 5.98. The molecule has 0 atom stereocenters. The molecule has 0 aliphatic carbocycles. The molecule has 0 aliphatic rings. The van der Waals surface area contributed by atoms with Crippen molar-refractivity contribution in [2.45, 2.75) is 27.3 Å². The normalized spacial score (nSPS) is 11.2. The van der Waals surface area contributed by atoms with Crippen molar-refractivity contribution < 1.29 is 4.79 Å². The van der Waals surface area contributed by atoms with Gasteiger partial charge in [0.05, 0.1) is 6.54 Å². The van der Waals surface area contributed by atoms with E-state index in [-0.39, 0.29) is 5.78 Å². The molecule has 0 bridgehead atoms. The van der Waals surface area contributed by atoms with Gasteiger partial charge in [-0.2, -0.15) is 0 Å². The fourth-order valence-corrected chi connectivity index (χ4v) is 2.89. The molecule has 0 saturated carbocycles. The Labute approximate surface area is 124 Å². The maximum atomic E-state index is 12.6. The van der Waals surface area contributed by atoms with E-state index >= 15 is 0 Å². The Bertz CT molecular complexity index is 836. The van der Waals surface area contributed by atoms with Crippen LogP contribution in [0.5, 0.6) is 0 Å². The number of ketones is 1. The van der Waals surface area contributed by atoms with Gasteiger partial charge in [-0.1, -0.05) is 12.1 Å². The second-order valence-electron chi connectivity index (χ2n) is 5.72. The molecule has 3 rings (SSSR count). The van der Waals surface area contributed by atoms with E-state index in [1.807, 2.05) is 43.8 Å². The molecule has 108 valence electrons. The van der Waals surface area contributed by atoms with Crippen LogP contribution in [-0.4, -0.2) is 14.9 Å². The molecule has 0 N–H and O–H groups in total. The van der Waals surface area contributed by atoms with Crippen LogP contribution in [0.2, 0.25) is 0 Å². The Balaban J connectivity index is 1.97. The molecule has 0 unspecified atom stereocenters. The third-order valence-corrected chi connectivity index (χ3v) is 4.42. The summed E-state index contributed by atoms with van der Waals surface area (Å²) in [6.45, 7) is 6.51. The second-order valence-corrected chi connectivity index (χ2v) is 5.72. The predicted molar refractivity (Wildman–Crippen MR) is 85.9 cm³/mol. The minimum Gasteiger partial charge on any atom is -0.351 e. The molecule has 3 heteroatoms. The number of aryl methyl sites for hydroxylation is 2. The summed E-state index contributed by atoms with van der Waals surface area (Å²) in [5, 5.41) is 1.21. The SMILES string of the molecule is Cc1cccc2c1ccn2CC(=O)c1cc(C)n(C)c1C. The largest absolute Gasteiger partial charge is 0.351 e. The van der Waals surface area contributed by atoms with E-state index in [2.05, 4.69) is 29.7 Å². The van der Waals surface area contributed by atoms with Crippen molar-refractivity contribution >= 4 is 16.7 Å². The van der Waals surface area contributed by atoms with Gasteiger partial charge in [0.15, 0.2) is 5.78 Å². The van der Waals surface area contributed by atoms with Crippen molar-refractivity contribution in [2.75, 3.05) is 0 Å². The standard InChI is InChI=1S/C18H20N2O/c1-12-6-5-7-17-15(12)8-9-20(17)11-18(21)16-10-13(2)19(4)14(16)3/h5-10H,11H2,1-4H3. The van der Waals surface area contributed by atoms with Crippen molar-refractivity contribution in [3.05, 3.63) is 59.0 Å². The highest BCUT2D eigenvalue weighted by Crippen LogP contribution is 2.21. The van der Waals surface area contributed by atoms with E-state index in [1.165, 1.54) is 10.9 Å². The average Bonchev–Trinajstić information content (AvgIpc) is 2.97. The van der Waals surface area contributed by atoms with Gasteiger partial charge in [-0.3, -0.25) is 4.79 Å². The molecule has 0 spiro atoms. The lowest BCUT2D eigenvalue weighted by Crippen LogP contribution is -2.10. The maximum absolute atomic E-state index is 12.6. The number of carbonyl (C=O) groups is 1. The summed E-state index contributed by atoms with van der Waals surface area (Å²) < 4.78 is 4.09. The van der Waals surface area contributed by atoms with Crippen molar-refractivity contribution in [1.29, 1.82) is 0 Å². The van der Waals surface area contributed by atoms with Crippen LogP contribution in [-0.2, 0) is 13.6 Å². The first-order chi connectivity index (χ1) is 9.99. The number of rotatable bonds is 3. The zero-order valence-corrected chi connectivity index (χ0v) is 13.0. The van der Waals surface area contributed by atoms with E-state index < -0.39 is 0 Å². The van der Waals surface area contributed by atoms with E-state index in [9.17, 15) is 4.79 Å². The lowest BCUT2D eigenvalue weighted by molar-refractivity contribution is 0.0973. The third kappa shape index (κ3) is 2.19. The molecular formula is C18H20N2O. The van der Waals surface area contributed by atoms with Gasteiger partial charge in [0.2, 0.25) is 0 Å². The zero-order valence-electron chi connectivity index (χ0n) is 13.0. The fourth-order valence-electron chi connectivity index (χ4n) is 2.89. The van der Waals surface area contributed by atoms with Crippen LogP contribution in [0.25, 0.3) is 10.9 Å². The molecule has 3 aromatic rings. The van der Waals surface area contributed by atoms with Crippen molar-refractivity contribution in [1.82, 2.24) is 9.13 Å². The molecule has 1 aromatic carbocycles. The summed E-state index contributed by atoms with van der Waals surface area (Å²) in [6, 6.07) is 10.3. The first kappa shape index (κ1) is 13.7. The van der Waals surface area contributed by atoms with Gasteiger partial charge in [0.25, 0.3) is 0 Å². The van der Waals surface area contributed by atoms with Crippen molar-refractivity contribution in [3.63, 3.8) is 0 Å². The predicted octanol–water partition coefficient (Wildman–Crippen LogP) is 3.79. The maximum Gasteiger partial charge on any atom is 0.184 e. The highest BCUT2D eigenvalue weighted by Gasteiger charge is 2.15. The van der Waals surface area contributed by atoms with Gasteiger partial charge in [0.1, 0.15) is 0 Å². The topological polar surface area (TPSA) is 26.9 Å². The van der Waals surface area contributed by atoms with Crippen LogP contribution >= 0.6 is 0 Å². The summed E-state index contributed by atoms with van der Waals surface area (Å²) in [5.74, 6) is 0.162. The lowest BCUT2D eigenvalue weighted by Gasteiger charge is -2.06. The molecule has 3 nitrogen and oxygen atoms in total. The number of hydrogen-bond donors (Lipinski definition) is 0. The number of benzene rings is 1. The van der Waals surface area contributed by atoms with Crippen LogP contribution in [0.4, 0.5) is 0 Å². The minimum atomic E-state index is 0.162. The van der Waals surface area contributed by atoms with Crippen LogP contribution in [0, 0.1) is 20.8 Å². The van der Waals surface area contributed by atoms with Gasteiger partial charge >= 0.3 is 0 Å². The van der Waals surface area contributed by atoms with Gasteiger partial charge < -0.3 is 9.13 Å². The molecule has 0 aliphatic heterocycles. The van der Waals surface area contributed by atoms with E-state index in [0.717, 1.165) is 22.5 Å². The Morgan fingerprint density at radius 3 is 2.57 bits per heavy atom. The van der Waals surface area contributed by atoms with Crippen molar-refractivity contribution in [2.24, 2.45) is 7.05 Å². The molecule has 0 radical (unpaired) electrons. The summed E-state index contributed by atoms with van der Waals surface area (Å²) in [4.78, 5) is 12.6. The number of Topliss-reactive ketones (excluding diaryl/α,β-unsaturated/α-hetero) is 1. The quantitative estimate of drug-likeness (QED) is 0.671. The molecule has 0 amide bonds.